The molecule has 0 aliphatic carbocycles. The number of likely N-dealkylation sites (tertiary alicyclic amines) is 1. The topological polar surface area (TPSA) is 85.0 Å². The second-order valence-corrected chi connectivity index (χ2v) is 6.86. The Kier molecular flexibility index (Phi) is 4.89. The molecule has 2 aromatic carbocycles. The lowest BCUT2D eigenvalue weighted by Crippen LogP contribution is -2.30. The molecular weight excluding hydrogens is 358 g/mol. The Bertz CT molecular complexity index is 961. The largest absolute Gasteiger partial charge is 0.377 e. The Morgan fingerprint density at radius 3 is 2.46 bits per heavy atom. The highest BCUT2D eigenvalue weighted by molar-refractivity contribution is 6.29. The normalized spacial score (nSPS) is 18.9. The number of piperidine rings is 1. The molecule has 0 atom stereocenters. The van der Waals surface area contributed by atoms with Crippen LogP contribution in [0, 0.1) is 10.1 Å². The number of hydrogen-bond acceptors (Lipinski definition) is 6. The van der Waals surface area contributed by atoms with E-state index < -0.39 is 10.9 Å². The minimum absolute atomic E-state index is 0.103. The Hall–Kier alpha value is -3.48. The number of carbonyl (C=O) groups is 1. The van der Waals surface area contributed by atoms with Crippen molar-refractivity contribution >= 4 is 17.4 Å². The molecule has 0 aromatic heterocycles. The zero-order valence-electron chi connectivity index (χ0n) is 15.2. The van der Waals surface area contributed by atoms with E-state index in [1.165, 1.54) is 11.6 Å². The molecule has 7 heteroatoms. The molecule has 2 aromatic rings. The molecule has 0 N–H and O–H groups in total. The molecule has 1 fully saturated rings. The monoisotopic (exact) mass is 377 g/mol. The summed E-state index contributed by atoms with van der Waals surface area (Å²) >= 11 is 0. The van der Waals surface area contributed by atoms with Crippen molar-refractivity contribution < 1.29 is 14.6 Å². The van der Waals surface area contributed by atoms with Gasteiger partial charge in [-0.25, -0.2) is 4.79 Å². The van der Waals surface area contributed by atoms with Crippen LogP contribution in [0.5, 0.6) is 0 Å². The van der Waals surface area contributed by atoms with Gasteiger partial charge in [-0.1, -0.05) is 47.6 Å². The average molecular weight is 377 g/mol. The second-order valence-electron chi connectivity index (χ2n) is 6.86. The Morgan fingerprint density at radius 2 is 1.75 bits per heavy atom. The molecule has 0 unspecified atom stereocenters. The minimum Gasteiger partial charge on any atom is -0.377 e. The van der Waals surface area contributed by atoms with Crippen LogP contribution < -0.4 is 0 Å². The second kappa shape index (κ2) is 7.64. The van der Waals surface area contributed by atoms with E-state index >= 15 is 0 Å². The summed E-state index contributed by atoms with van der Waals surface area (Å²) < 4.78 is 0. The van der Waals surface area contributed by atoms with Crippen LogP contribution in [0.4, 0.5) is 5.69 Å². The van der Waals surface area contributed by atoms with Crippen LogP contribution in [0.3, 0.4) is 0 Å². The summed E-state index contributed by atoms with van der Waals surface area (Å²) in [5.74, 6) is -0.0898. The lowest BCUT2D eigenvalue weighted by molar-refractivity contribution is -0.385. The lowest BCUT2D eigenvalue weighted by atomic mass is 9.89. The molecule has 2 aliphatic rings. The number of hydrogen-bond donors (Lipinski definition) is 0. The number of carbonyl (C=O) groups excluding carboxylic acids is 1. The maximum absolute atomic E-state index is 12.2. The first-order valence-electron chi connectivity index (χ1n) is 9.18. The van der Waals surface area contributed by atoms with Gasteiger partial charge in [0.05, 0.1) is 10.5 Å². The van der Waals surface area contributed by atoms with E-state index in [4.69, 9.17) is 4.84 Å². The van der Waals surface area contributed by atoms with Crippen molar-refractivity contribution in [2.24, 2.45) is 5.16 Å². The van der Waals surface area contributed by atoms with Crippen molar-refractivity contribution in [3.05, 3.63) is 87.6 Å². The van der Waals surface area contributed by atoms with Crippen molar-refractivity contribution in [1.29, 1.82) is 0 Å². The molecule has 0 amide bonds. The molecule has 142 valence electrons. The van der Waals surface area contributed by atoms with Gasteiger partial charge in [0.25, 0.3) is 5.69 Å². The number of nitrogens with zero attached hydrogens (tertiary/aromatic N) is 3. The molecule has 0 spiro atoms. The smallest absolute Gasteiger partial charge is 0.369 e. The van der Waals surface area contributed by atoms with Crippen LogP contribution in [-0.4, -0.2) is 34.6 Å². The highest BCUT2D eigenvalue weighted by Gasteiger charge is 2.32. The first kappa shape index (κ1) is 17.9. The number of nitro groups is 1. The van der Waals surface area contributed by atoms with Crippen molar-refractivity contribution in [3.8, 4) is 0 Å². The van der Waals surface area contributed by atoms with E-state index in [0.29, 0.717) is 5.92 Å². The minimum atomic E-state index is -0.585. The Balaban J connectivity index is 1.54. The van der Waals surface area contributed by atoms with Gasteiger partial charge in [0.15, 0.2) is 0 Å². The van der Waals surface area contributed by atoms with Crippen LogP contribution in [0.2, 0.25) is 0 Å². The molecule has 2 heterocycles. The number of oxime groups is 1. The third-order valence-corrected chi connectivity index (χ3v) is 5.16. The average Bonchev–Trinajstić information content (AvgIpc) is 3.09. The van der Waals surface area contributed by atoms with Crippen molar-refractivity contribution in [1.82, 2.24) is 4.90 Å². The van der Waals surface area contributed by atoms with Gasteiger partial charge in [-0.15, -0.1) is 0 Å². The molecule has 1 saturated heterocycles. The fraction of sp³-hybridized carbons (Fsp3) is 0.238. The van der Waals surface area contributed by atoms with Gasteiger partial charge >= 0.3 is 5.97 Å². The summed E-state index contributed by atoms with van der Waals surface area (Å²) in [6.07, 6.45) is 3.67. The zero-order chi connectivity index (χ0) is 19.5. The maximum Gasteiger partial charge on any atom is 0.369 e. The van der Waals surface area contributed by atoms with Gasteiger partial charge in [0, 0.05) is 25.4 Å². The molecule has 0 saturated carbocycles. The third kappa shape index (κ3) is 3.51. The Morgan fingerprint density at radius 1 is 1.07 bits per heavy atom. The van der Waals surface area contributed by atoms with E-state index in [9.17, 15) is 14.9 Å². The summed E-state index contributed by atoms with van der Waals surface area (Å²) in [4.78, 5) is 29.9. The van der Waals surface area contributed by atoms with Crippen LogP contribution in [-0.2, 0) is 9.63 Å². The molecule has 2 aliphatic heterocycles. The van der Waals surface area contributed by atoms with Crippen molar-refractivity contribution in [2.75, 3.05) is 13.1 Å². The first-order chi connectivity index (χ1) is 13.6. The fourth-order valence-corrected chi connectivity index (χ4v) is 3.69. The van der Waals surface area contributed by atoms with E-state index in [2.05, 4.69) is 22.2 Å². The molecule has 28 heavy (non-hydrogen) atoms. The highest BCUT2D eigenvalue weighted by Crippen LogP contribution is 2.30. The van der Waals surface area contributed by atoms with E-state index in [1.54, 1.807) is 24.4 Å². The van der Waals surface area contributed by atoms with Crippen LogP contribution >= 0.6 is 0 Å². The standard InChI is InChI=1S/C21H19N3O4/c25-21-18(20(22-28-21)17-8-4-5-9-19(17)24(26)27)14-23-12-10-16(11-13-23)15-6-2-1-3-7-15/h1-9,14,16H,10-13H2/b18-14-. The summed E-state index contributed by atoms with van der Waals surface area (Å²) in [6, 6.07) is 16.6. The van der Waals surface area contributed by atoms with Crippen LogP contribution in [0.15, 0.2) is 71.5 Å². The van der Waals surface area contributed by atoms with Crippen molar-refractivity contribution in [3.63, 3.8) is 0 Å². The molecule has 7 nitrogen and oxygen atoms in total. The fourth-order valence-electron chi connectivity index (χ4n) is 3.69. The van der Waals surface area contributed by atoms with Gasteiger partial charge < -0.3 is 9.74 Å². The highest BCUT2D eigenvalue weighted by atomic mass is 16.7. The number of nitro benzene ring substituents is 1. The first-order valence-corrected chi connectivity index (χ1v) is 9.18. The van der Waals surface area contributed by atoms with E-state index in [1.807, 2.05) is 18.2 Å². The van der Waals surface area contributed by atoms with E-state index in [-0.39, 0.29) is 22.5 Å². The van der Waals surface area contributed by atoms with Gasteiger partial charge in [0.2, 0.25) is 0 Å². The van der Waals surface area contributed by atoms with Crippen molar-refractivity contribution in [2.45, 2.75) is 18.8 Å². The van der Waals surface area contributed by atoms with Crippen LogP contribution in [0.1, 0.15) is 29.9 Å². The summed E-state index contributed by atoms with van der Waals surface area (Å²) in [6.45, 7) is 1.58. The number of benzene rings is 2. The number of rotatable bonds is 4. The SMILES string of the molecule is O=C1ON=C(c2ccccc2[N+](=O)[O-])/C1=C/N1CCC(c2ccccc2)CC1. The quantitative estimate of drug-likeness (QED) is 0.352. The number of para-hydroxylation sites is 1. The van der Waals surface area contributed by atoms with Gasteiger partial charge in [-0.2, -0.15) is 0 Å². The maximum atomic E-state index is 12.2. The molecule has 0 bridgehead atoms. The molecular formula is C21H19N3O4. The summed E-state index contributed by atoms with van der Waals surface area (Å²) in [7, 11) is 0. The molecule has 0 radical (unpaired) electrons. The zero-order valence-corrected chi connectivity index (χ0v) is 15.2. The van der Waals surface area contributed by atoms with Crippen LogP contribution in [0.25, 0.3) is 0 Å². The predicted molar refractivity (Wildman–Crippen MR) is 104 cm³/mol. The lowest BCUT2D eigenvalue weighted by Gasteiger charge is -2.31. The third-order valence-electron chi connectivity index (χ3n) is 5.16. The summed E-state index contributed by atoms with van der Waals surface area (Å²) in [5, 5.41) is 15.1. The van der Waals surface area contributed by atoms with E-state index in [0.717, 1.165) is 25.9 Å². The van der Waals surface area contributed by atoms with Gasteiger partial charge in [0.1, 0.15) is 11.3 Å². The van der Waals surface area contributed by atoms with Gasteiger partial charge in [-0.05, 0) is 30.4 Å². The molecule has 4 rings (SSSR count). The van der Waals surface area contributed by atoms with Gasteiger partial charge in [-0.3, -0.25) is 10.1 Å². The summed E-state index contributed by atoms with van der Waals surface area (Å²) in [5.41, 5.74) is 1.98. The predicted octanol–water partition coefficient (Wildman–Crippen LogP) is 3.62. The Labute approximate surface area is 162 Å².